The molecule has 2 aromatic carbocycles. The number of piperidine rings is 1. The number of carbonyl (C=O) groups is 1. The highest BCUT2D eigenvalue weighted by molar-refractivity contribution is 5.98. The summed E-state index contributed by atoms with van der Waals surface area (Å²) in [6.45, 7) is 2.97. The van der Waals surface area contributed by atoms with Crippen molar-refractivity contribution in [3.05, 3.63) is 70.9 Å². The fourth-order valence-electron chi connectivity index (χ4n) is 5.45. The molecule has 0 spiro atoms. The first-order chi connectivity index (χ1) is 13.3. The molecule has 1 saturated heterocycles. The molecule has 0 unspecified atom stereocenters. The van der Waals surface area contributed by atoms with Crippen molar-refractivity contribution < 1.29 is 4.79 Å². The third-order valence-corrected chi connectivity index (χ3v) is 6.80. The van der Waals surface area contributed by atoms with Gasteiger partial charge in [0, 0.05) is 47.8 Å². The number of nitrogens with one attached hydrogen (secondary N) is 1. The highest BCUT2D eigenvalue weighted by Gasteiger charge is 2.40. The van der Waals surface area contributed by atoms with Crippen molar-refractivity contribution in [2.24, 2.45) is 0 Å². The first-order valence-corrected chi connectivity index (χ1v) is 10.0. The van der Waals surface area contributed by atoms with E-state index in [0.29, 0.717) is 12.1 Å². The zero-order valence-corrected chi connectivity index (χ0v) is 15.3. The van der Waals surface area contributed by atoms with Crippen molar-refractivity contribution >= 4 is 16.8 Å². The second-order valence-corrected chi connectivity index (χ2v) is 8.13. The molecule has 2 atom stereocenters. The molecule has 1 amide bonds. The van der Waals surface area contributed by atoms with Crippen LogP contribution in [0.3, 0.4) is 0 Å². The topological polar surface area (TPSA) is 39.3 Å². The summed E-state index contributed by atoms with van der Waals surface area (Å²) >= 11 is 0. The van der Waals surface area contributed by atoms with Crippen molar-refractivity contribution in [1.82, 2.24) is 14.8 Å². The number of rotatable bonds is 1. The highest BCUT2D eigenvalue weighted by Crippen LogP contribution is 2.41. The molecule has 0 bridgehead atoms. The zero-order chi connectivity index (χ0) is 18.0. The highest BCUT2D eigenvalue weighted by atomic mass is 16.2. The molecule has 1 N–H and O–H groups in total. The zero-order valence-electron chi connectivity index (χ0n) is 15.3. The number of hydrogen-bond donors (Lipinski definition) is 1. The molecule has 3 aromatic rings. The molecule has 6 rings (SSSR count). The Bertz CT molecular complexity index is 1050. The number of fused-ring (bicyclic) bond motifs is 6. The molecule has 136 valence electrons. The van der Waals surface area contributed by atoms with Gasteiger partial charge >= 0.3 is 0 Å². The Balaban J connectivity index is 1.33. The van der Waals surface area contributed by atoms with Gasteiger partial charge in [-0.3, -0.25) is 9.69 Å². The maximum atomic E-state index is 12.9. The molecular formula is C23H23N3O. The van der Waals surface area contributed by atoms with Crippen LogP contribution in [0.25, 0.3) is 10.9 Å². The molecule has 4 heterocycles. The summed E-state index contributed by atoms with van der Waals surface area (Å²) < 4.78 is 0. The average molecular weight is 357 g/mol. The van der Waals surface area contributed by atoms with Crippen LogP contribution < -0.4 is 0 Å². The fraction of sp³-hybridized carbons (Fsp3) is 0.348. The molecule has 1 fully saturated rings. The molecule has 1 aromatic heterocycles. The number of aromatic nitrogens is 1. The number of aromatic amines is 1. The third kappa shape index (κ3) is 2.23. The summed E-state index contributed by atoms with van der Waals surface area (Å²) in [5.41, 5.74) is 6.20. The lowest BCUT2D eigenvalue weighted by Crippen LogP contribution is -2.48. The number of nitrogens with zero attached hydrogens (tertiary/aromatic N) is 2. The van der Waals surface area contributed by atoms with Gasteiger partial charge in [-0.1, -0.05) is 36.4 Å². The fourth-order valence-corrected chi connectivity index (χ4v) is 5.45. The van der Waals surface area contributed by atoms with E-state index in [9.17, 15) is 4.79 Å². The van der Waals surface area contributed by atoms with Crippen LogP contribution >= 0.6 is 0 Å². The molecule has 4 nitrogen and oxygen atoms in total. The van der Waals surface area contributed by atoms with Gasteiger partial charge in [0.1, 0.15) is 0 Å². The maximum absolute atomic E-state index is 12.9. The number of H-pyrrole nitrogens is 1. The molecule has 27 heavy (non-hydrogen) atoms. The molecule has 3 aliphatic heterocycles. The van der Waals surface area contributed by atoms with E-state index in [1.165, 1.54) is 27.7 Å². The summed E-state index contributed by atoms with van der Waals surface area (Å²) in [6, 6.07) is 17.5. The van der Waals surface area contributed by atoms with E-state index >= 15 is 0 Å². The van der Waals surface area contributed by atoms with E-state index in [0.717, 1.165) is 44.5 Å². The largest absolute Gasteiger partial charge is 0.357 e. The van der Waals surface area contributed by atoms with Crippen molar-refractivity contribution in [3.63, 3.8) is 0 Å². The second-order valence-electron chi connectivity index (χ2n) is 8.13. The maximum Gasteiger partial charge on any atom is 0.254 e. The van der Waals surface area contributed by atoms with Crippen LogP contribution in [0.5, 0.6) is 0 Å². The lowest BCUT2D eigenvalue weighted by atomic mass is 9.88. The van der Waals surface area contributed by atoms with E-state index in [4.69, 9.17) is 0 Å². The van der Waals surface area contributed by atoms with E-state index in [1.807, 2.05) is 18.2 Å². The van der Waals surface area contributed by atoms with E-state index in [-0.39, 0.29) is 5.91 Å². The Morgan fingerprint density at radius 1 is 1.00 bits per heavy atom. The number of benzene rings is 2. The van der Waals surface area contributed by atoms with Gasteiger partial charge in [0.05, 0.1) is 6.04 Å². The van der Waals surface area contributed by atoms with Gasteiger partial charge in [-0.15, -0.1) is 0 Å². The summed E-state index contributed by atoms with van der Waals surface area (Å²) in [6.07, 6.45) is 3.22. The van der Waals surface area contributed by atoms with Gasteiger partial charge < -0.3 is 9.88 Å². The first-order valence-electron chi connectivity index (χ1n) is 10.0. The van der Waals surface area contributed by atoms with Crippen molar-refractivity contribution in [1.29, 1.82) is 0 Å². The molecule has 4 heteroatoms. The van der Waals surface area contributed by atoms with Gasteiger partial charge in [-0.05, 0) is 42.5 Å². The predicted molar refractivity (Wildman–Crippen MR) is 106 cm³/mol. The van der Waals surface area contributed by atoms with Gasteiger partial charge in [0.25, 0.3) is 5.91 Å². The number of hydrogen-bond acceptors (Lipinski definition) is 2. The Kier molecular flexibility index (Phi) is 3.27. The smallest absolute Gasteiger partial charge is 0.254 e. The van der Waals surface area contributed by atoms with Crippen LogP contribution in [-0.4, -0.2) is 39.8 Å². The quantitative estimate of drug-likeness (QED) is 0.718. The molecule has 0 aliphatic carbocycles. The van der Waals surface area contributed by atoms with Crippen molar-refractivity contribution in [2.75, 3.05) is 13.1 Å². The Labute approximate surface area is 158 Å². The Hall–Kier alpha value is -2.59. The third-order valence-electron chi connectivity index (χ3n) is 6.80. The van der Waals surface area contributed by atoms with Crippen molar-refractivity contribution in [3.8, 4) is 0 Å². The molecule has 0 radical (unpaired) electrons. The van der Waals surface area contributed by atoms with E-state index < -0.39 is 0 Å². The average Bonchev–Trinajstić information content (AvgIpc) is 3.26. The van der Waals surface area contributed by atoms with Crippen LogP contribution in [0, 0.1) is 0 Å². The Morgan fingerprint density at radius 3 is 2.78 bits per heavy atom. The van der Waals surface area contributed by atoms with Gasteiger partial charge in [0.15, 0.2) is 0 Å². The lowest BCUT2D eigenvalue weighted by Gasteiger charge is -2.44. The predicted octanol–water partition coefficient (Wildman–Crippen LogP) is 3.89. The Morgan fingerprint density at radius 2 is 1.85 bits per heavy atom. The minimum Gasteiger partial charge on any atom is -0.357 e. The summed E-state index contributed by atoms with van der Waals surface area (Å²) in [4.78, 5) is 21.4. The normalized spacial score (nSPS) is 24.7. The summed E-state index contributed by atoms with van der Waals surface area (Å²) in [5, 5.41) is 1.37. The number of amides is 1. The van der Waals surface area contributed by atoms with Crippen LogP contribution in [0.2, 0.25) is 0 Å². The monoisotopic (exact) mass is 357 g/mol. The van der Waals surface area contributed by atoms with Crippen LogP contribution in [0.1, 0.15) is 46.1 Å². The molecular weight excluding hydrogens is 334 g/mol. The molecule has 3 aliphatic rings. The van der Waals surface area contributed by atoms with Gasteiger partial charge in [-0.25, -0.2) is 0 Å². The minimum atomic E-state index is 0.219. The minimum absolute atomic E-state index is 0.219. The molecule has 0 saturated carbocycles. The lowest BCUT2D eigenvalue weighted by molar-refractivity contribution is 0.0437. The summed E-state index contributed by atoms with van der Waals surface area (Å²) in [5.74, 6) is 0.219. The van der Waals surface area contributed by atoms with E-state index in [1.54, 1.807) is 0 Å². The van der Waals surface area contributed by atoms with Crippen molar-refractivity contribution in [2.45, 2.75) is 37.9 Å². The van der Waals surface area contributed by atoms with E-state index in [2.05, 4.69) is 45.1 Å². The van der Waals surface area contributed by atoms with Crippen LogP contribution in [0.15, 0.2) is 48.5 Å². The second kappa shape index (κ2) is 5.70. The van der Waals surface area contributed by atoms with Gasteiger partial charge in [-0.2, -0.15) is 0 Å². The van der Waals surface area contributed by atoms with Crippen LogP contribution in [0.4, 0.5) is 0 Å². The standard InChI is InChI=1S/C23H23N3O/c27-23-17-6-2-1-5-15(17)14-26(23)16-9-11-25-12-10-19-18-7-3-4-8-20(18)24-22(19)21(25)13-16/h1-8,16,21,24H,9-14H2/t16-,21+/m1/s1. The summed E-state index contributed by atoms with van der Waals surface area (Å²) in [7, 11) is 0. The number of para-hydroxylation sites is 1. The van der Waals surface area contributed by atoms with Crippen LogP contribution in [-0.2, 0) is 13.0 Å². The number of carbonyl (C=O) groups excluding carboxylic acids is 1. The SMILES string of the molecule is O=C1c2ccccc2CN1[C@@H]1CCN2CCc3c([nH]c4ccccc34)[C@@H]2C1. The first kappa shape index (κ1) is 15.5. The van der Waals surface area contributed by atoms with Gasteiger partial charge in [0.2, 0.25) is 0 Å².